The minimum Gasteiger partial charge on any atom is -0.392 e. The summed E-state index contributed by atoms with van der Waals surface area (Å²) in [6, 6.07) is 13.5. The minimum absolute atomic E-state index is 0.00829. The number of halogens is 1. The number of thioether (sulfide) groups is 1. The highest BCUT2D eigenvalue weighted by Crippen LogP contribution is 2.34. The number of aliphatic hydroxyl groups is 1. The highest BCUT2D eigenvalue weighted by atomic mass is 32.2. The van der Waals surface area contributed by atoms with Crippen LogP contribution < -0.4 is 0 Å². The molecule has 0 aromatic heterocycles. The molecular formula is C29H37FN2O2S. The van der Waals surface area contributed by atoms with Gasteiger partial charge in [0, 0.05) is 6.54 Å². The van der Waals surface area contributed by atoms with Gasteiger partial charge in [0.05, 0.1) is 17.2 Å². The Bertz CT molecular complexity index is 987. The summed E-state index contributed by atoms with van der Waals surface area (Å²) >= 11 is 1.36. The molecule has 0 saturated carbocycles. The standard InChI is InChI=1S/C29H37FN2O2S/c1-2-3-4-5-6-7-8-9-10-11-20-32-28(34)27(21-23-12-14-24(22-33)15-13-23)35-29(32)31-26-18-16-25(30)17-19-26/h12-19,21,33H,2-11,20,22H2,1H3. The van der Waals surface area contributed by atoms with E-state index in [4.69, 9.17) is 0 Å². The van der Waals surface area contributed by atoms with Crippen molar-refractivity contribution in [1.29, 1.82) is 0 Å². The topological polar surface area (TPSA) is 52.9 Å². The number of amidine groups is 1. The molecule has 4 nitrogen and oxygen atoms in total. The fraction of sp³-hybridized carbons (Fsp3) is 0.448. The molecule has 6 heteroatoms. The third-order valence-electron chi connectivity index (χ3n) is 6.13. The van der Waals surface area contributed by atoms with Crippen LogP contribution in [0.2, 0.25) is 0 Å². The molecule has 1 fully saturated rings. The molecule has 2 aromatic rings. The Morgan fingerprint density at radius 2 is 1.49 bits per heavy atom. The molecule has 0 spiro atoms. The van der Waals surface area contributed by atoms with Crippen molar-refractivity contribution in [1.82, 2.24) is 4.90 Å². The van der Waals surface area contributed by atoms with Gasteiger partial charge in [0.2, 0.25) is 0 Å². The number of amides is 1. The average Bonchev–Trinajstić information content (AvgIpc) is 3.15. The lowest BCUT2D eigenvalue weighted by molar-refractivity contribution is -0.122. The number of aliphatic hydroxyl groups excluding tert-OH is 1. The summed E-state index contributed by atoms with van der Waals surface area (Å²) in [7, 11) is 0. The monoisotopic (exact) mass is 496 g/mol. The van der Waals surface area contributed by atoms with Crippen molar-refractivity contribution in [2.75, 3.05) is 6.54 Å². The first kappa shape index (κ1) is 27.2. The van der Waals surface area contributed by atoms with Gasteiger partial charge < -0.3 is 5.11 Å². The summed E-state index contributed by atoms with van der Waals surface area (Å²) in [6.07, 6.45) is 14.3. The van der Waals surface area contributed by atoms with Crippen LogP contribution in [0.4, 0.5) is 10.1 Å². The van der Waals surface area contributed by atoms with Crippen LogP contribution in [0.1, 0.15) is 82.3 Å². The Labute approximate surface area is 213 Å². The van der Waals surface area contributed by atoms with Crippen LogP contribution in [0.5, 0.6) is 0 Å². The molecule has 3 rings (SSSR count). The van der Waals surface area contributed by atoms with Crippen LogP contribution in [-0.4, -0.2) is 27.6 Å². The second kappa shape index (κ2) is 14.8. The lowest BCUT2D eigenvalue weighted by Gasteiger charge is -2.15. The van der Waals surface area contributed by atoms with E-state index < -0.39 is 0 Å². The quantitative estimate of drug-likeness (QED) is 0.214. The van der Waals surface area contributed by atoms with Crippen LogP contribution in [0.15, 0.2) is 58.4 Å². The van der Waals surface area contributed by atoms with Crippen molar-refractivity contribution in [3.8, 4) is 0 Å². The van der Waals surface area contributed by atoms with Gasteiger partial charge in [-0.2, -0.15) is 0 Å². The number of benzene rings is 2. The Balaban J connectivity index is 1.60. The minimum atomic E-state index is -0.307. The number of rotatable bonds is 14. The number of carbonyl (C=O) groups is 1. The first-order valence-corrected chi connectivity index (χ1v) is 13.7. The van der Waals surface area contributed by atoms with Gasteiger partial charge >= 0.3 is 0 Å². The lowest BCUT2D eigenvalue weighted by atomic mass is 10.1. The second-order valence-electron chi connectivity index (χ2n) is 9.02. The molecule has 35 heavy (non-hydrogen) atoms. The van der Waals surface area contributed by atoms with E-state index in [1.807, 2.05) is 30.3 Å². The summed E-state index contributed by atoms with van der Waals surface area (Å²) in [5.41, 5.74) is 2.36. The summed E-state index contributed by atoms with van der Waals surface area (Å²) in [6.45, 7) is 2.86. The van der Waals surface area contributed by atoms with Gasteiger partial charge in [0.15, 0.2) is 5.17 Å². The molecule has 1 aliphatic heterocycles. The van der Waals surface area contributed by atoms with Crippen molar-refractivity contribution < 1.29 is 14.3 Å². The molecule has 1 aliphatic rings. The number of unbranched alkanes of at least 4 members (excludes halogenated alkanes) is 9. The maximum atomic E-state index is 13.3. The van der Waals surface area contributed by atoms with Crippen LogP contribution in [0.3, 0.4) is 0 Å². The van der Waals surface area contributed by atoms with Crippen molar-refractivity contribution in [3.05, 3.63) is 70.4 Å². The molecule has 1 saturated heterocycles. The van der Waals surface area contributed by atoms with Crippen LogP contribution in [-0.2, 0) is 11.4 Å². The van der Waals surface area contributed by atoms with Gasteiger partial charge in [0.1, 0.15) is 5.82 Å². The van der Waals surface area contributed by atoms with Crippen LogP contribution >= 0.6 is 11.8 Å². The lowest BCUT2D eigenvalue weighted by Crippen LogP contribution is -2.30. The Kier molecular flexibility index (Phi) is 11.5. The van der Waals surface area contributed by atoms with Gasteiger partial charge in [-0.25, -0.2) is 9.38 Å². The van der Waals surface area contributed by atoms with Crippen molar-refractivity contribution in [2.45, 2.75) is 77.7 Å². The fourth-order valence-corrected chi connectivity index (χ4v) is 5.07. The van der Waals surface area contributed by atoms with E-state index in [1.165, 1.54) is 75.3 Å². The zero-order valence-corrected chi connectivity index (χ0v) is 21.5. The molecule has 188 valence electrons. The maximum absolute atomic E-state index is 13.3. The molecule has 0 radical (unpaired) electrons. The molecule has 0 atom stereocenters. The number of hydrogen-bond acceptors (Lipinski definition) is 4. The van der Waals surface area contributed by atoms with E-state index >= 15 is 0 Å². The van der Waals surface area contributed by atoms with E-state index in [0.29, 0.717) is 22.3 Å². The number of carbonyl (C=O) groups excluding carboxylic acids is 1. The van der Waals surface area contributed by atoms with E-state index in [2.05, 4.69) is 11.9 Å². The molecular weight excluding hydrogens is 459 g/mol. The summed E-state index contributed by atoms with van der Waals surface area (Å²) in [5.74, 6) is -0.351. The number of hydrogen-bond donors (Lipinski definition) is 1. The van der Waals surface area contributed by atoms with E-state index in [-0.39, 0.29) is 18.3 Å². The van der Waals surface area contributed by atoms with Gasteiger partial charge in [-0.3, -0.25) is 9.69 Å². The summed E-state index contributed by atoms with van der Waals surface area (Å²) in [5, 5.41) is 9.89. The smallest absolute Gasteiger partial charge is 0.266 e. The zero-order chi connectivity index (χ0) is 24.9. The molecule has 1 amide bonds. The van der Waals surface area contributed by atoms with Gasteiger partial charge in [-0.15, -0.1) is 0 Å². The second-order valence-corrected chi connectivity index (χ2v) is 10.0. The van der Waals surface area contributed by atoms with Gasteiger partial charge in [0.25, 0.3) is 5.91 Å². The maximum Gasteiger partial charge on any atom is 0.266 e. The Hall–Kier alpha value is -2.44. The Morgan fingerprint density at radius 1 is 0.886 bits per heavy atom. The predicted octanol–water partition coefficient (Wildman–Crippen LogP) is 7.84. The molecule has 0 aliphatic carbocycles. The molecule has 0 bridgehead atoms. The molecule has 2 aromatic carbocycles. The van der Waals surface area contributed by atoms with Crippen molar-refractivity contribution >= 4 is 34.6 Å². The fourth-order valence-electron chi connectivity index (χ4n) is 4.04. The van der Waals surface area contributed by atoms with E-state index in [9.17, 15) is 14.3 Å². The van der Waals surface area contributed by atoms with Gasteiger partial charge in [-0.05, 0) is 59.7 Å². The first-order valence-electron chi connectivity index (χ1n) is 12.9. The number of aliphatic imine (C=N–C) groups is 1. The SMILES string of the molecule is CCCCCCCCCCCCN1C(=O)C(=Cc2ccc(CO)cc2)SC1=Nc1ccc(F)cc1. The third kappa shape index (κ3) is 8.93. The normalized spacial score (nSPS) is 16.1. The van der Waals surface area contributed by atoms with Crippen molar-refractivity contribution in [2.24, 2.45) is 4.99 Å². The summed E-state index contributed by atoms with van der Waals surface area (Å²) < 4.78 is 13.3. The molecule has 1 heterocycles. The van der Waals surface area contributed by atoms with Crippen molar-refractivity contribution in [3.63, 3.8) is 0 Å². The molecule has 1 N–H and O–H groups in total. The number of nitrogens with zero attached hydrogens (tertiary/aromatic N) is 2. The van der Waals surface area contributed by atoms with Gasteiger partial charge in [-0.1, -0.05) is 89.0 Å². The highest BCUT2D eigenvalue weighted by Gasteiger charge is 2.33. The average molecular weight is 497 g/mol. The predicted molar refractivity (Wildman–Crippen MR) is 145 cm³/mol. The molecule has 0 unspecified atom stereocenters. The third-order valence-corrected chi connectivity index (χ3v) is 7.14. The zero-order valence-electron chi connectivity index (χ0n) is 20.7. The largest absolute Gasteiger partial charge is 0.392 e. The van der Waals surface area contributed by atoms with E-state index in [1.54, 1.807) is 17.0 Å². The first-order chi connectivity index (χ1) is 17.1. The summed E-state index contributed by atoms with van der Waals surface area (Å²) in [4.78, 5) is 20.3. The van der Waals surface area contributed by atoms with Crippen LogP contribution in [0.25, 0.3) is 6.08 Å². The highest BCUT2D eigenvalue weighted by molar-refractivity contribution is 8.18. The Morgan fingerprint density at radius 3 is 2.09 bits per heavy atom. The van der Waals surface area contributed by atoms with E-state index in [0.717, 1.165) is 24.0 Å². The van der Waals surface area contributed by atoms with Crippen LogP contribution in [0, 0.1) is 5.82 Å².